The van der Waals surface area contributed by atoms with Crippen molar-refractivity contribution >= 4 is 33.0 Å². The molecule has 134 valence electrons. The van der Waals surface area contributed by atoms with Gasteiger partial charge < -0.3 is 5.32 Å². The van der Waals surface area contributed by atoms with Crippen LogP contribution in [0.1, 0.15) is 30.4 Å². The summed E-state index contributed by atoms with van der Waals surface area (Å²) in [7, 11) is -3.63. The molecular formula is C18H22N2O3S2. The first kappa shape index (κ1) is 18.1. The van der Waals surface area contributed by atoms with Crippen LogP contribution in [0, 0.1) is 13.8 Å². The molecule has 2 aromatic rings. The number of carbonyl (C=O) groups is 1. The minimum atomic E-state index is -3.63. The first-order valence-corrected chi connectivity index (χ1v) is 10.6. The van der Waals surface area contributed by atoms with Gasteiger partial charge in [-0.3, -0.25) is 4.79 Å². The van der Waals surface area contributed by atoms with Crippen molar-refractivity contribution in [3.8, 4) is 0 Å². The van der Waals surface area contributed by atoms with E-state index in [0.29, 0.717) is 22.9 Å². The van der Waals surface area contributed by atoms with Crippen molar-refractivity contribution in [1.82, 2.24) is 4.31 Å². The number of rotatable bonds is 4. The summed E-state index contributed by atoms with van der Waals surface area (Å²) in [6.45, 7) is 4.32. The highest BCUT2D eigenvalue weighted by Gasteiger charge is 2.38. The lowest BCUT2D eigenvalue weighted by Crippen LogP contribution is -2.49. The summed E-state index contributed by atoms with van der Waals surface area (Å²) in [4.78, 5) is 12.8. The Bertz CT molecular complexity index is 840. The van der Waals surface area contributed by atoms with Crippen molar-refractivity contribution in [3.63, 3.8) is 0 Å². The van der Waals surface area contributed by atoms with E-state index in [4.69, 9.17) is 0 Å². The fourth-order valence-electron chi connectivity index (χ4n) is 3.25. The fraction of sp³-hybridized carbons (Fsp3) is 0.389. The van der Waals surface area contributed by atoms with Crippen LogP contribution in [0.15, 0.2) is 39.9 Å². The molecule has 0 spiro atoms. The third-order valence-electron chi connectivity index (χ3n) is 4.30. The average molecular weight is 379 g/mol. The Labute approximate surface area is 152 Å². The van der Waals surface area contributed by atoms with Crippen LogP contribution in [-0.2, 0) is 14.8 Å². The molecular weight excluding hydrogens is 356 g/mol. The first-order chi connectivity index (χ1) is 11.9. The van der Waals surface area contributed by atoms with E-state index in [1.54, 1.807) is 17.5 Å². The molecule has 1 unspecified atom stereocenters. The van der Waals surface area contributed by atoms with Gasteiger partial charge in [-0.25, -0.2) is 8.42 Å². The summed E-state index contributed by atoms with van der Waals surface area (Å²) in [5, 5.41) is 4.64. The summed E-state index contributed by atoms with van der Waals surface area (Å²) in [5.74, 6) is -0.259. The Balaban J connectivity index is 1.84. The van der Waals surface area contributed by atoms with Gasteiger partial charge in [0.05, 0.1) is 0 Å². The van der Waals surface area contributed by atoms with E-state index in [2.05, 4.69) is 5.32 Å². The van der Waals surface area contributed by atoms with E-state index in [-0.39, 0.29) is 5.91 Å². The molecule has 25 heavy (non-hydrogen) atoms. The number of hydrogen-bond acceptors (Lipinski definition) is 4. The van der Waals surface area contributed by atoms with Gasteiger partial charge in [-0.05, 0) is 61.4 Å². The maximum Gasteiger partial charge on any atom is 0.253 e. The van der Waals surface area contributed by atoms with Gasteiger partial charge in [-0.15, -0.1) is 11.3 Å². The lowest BCUT2D eigenvalue weighted by atomic mass is 10.0. The summed E-state index contributed by atoms with van der Waals surface area (Å²) < 4.78 is 27.4. The number of nitrogens with zero attached hydrogens (tertiary/aromatic N) is 1. The smallest absolute Gasteiger partial charge is 0.253 e. The van der Waals surface area contributed by atoms with E-state index in [0.717, 1.165) is 24.0 Å². The molecule has 1 saturated heterocycles. The highest BCUT2D eigenvalue weighted by Crippen LogP contribution is 2.28. The molecule has 1 aromatic carbocycles. The Morgan fingerprint density at radius 1 is 1.20 bits per heavy atom. The van der Waals surface area contributed by atoms with E-state index in [1.165, 1.54) is 15.6 Å². The summed E-state index contributed by atoms with van der Waals surface area (Å²) in [6, 6.07) is 8.46. The van der Waals surface area contributed by atoms with Crippen LogP contribution < -0.4 is 5.32 Å². The number of amides is 1. The van der Waals surface area contributed by atoms with Gasteiger partial charge in [0.25, 0.3) is 10.0 Å². The van der Waals surface area contributed by atoms with Gasteiger partial charge in [0.2, 0.25) is 5.91 Å². The maximum absolute atomic E-state index is 12.9. The normalized spacial score (nSPS) is 18.9. The number of thiophene rings is 1. The Kier molecular flexibility index (Phi) is 5.27. The standard InChI is InChI=1S/C18H22N2O3S2/c1-13-10-14(2)12-15(11-13)19-18(21)16-6-3-4-8-20(16)25(22,23)17-7-5-9-24-17/h5,7,9-12,16H,3-4,6,8H2,1-2H3,(H,19,21). The Morgan fingerprint density at radius 2 is 1.92 bits per heavy atom. The largest absolute Gasteiger partial charge is 0.325 e. The highest BCUT2D eigenvalue weighted by molar-refractivity contribution is 7.91. The van der Waals surface area contributed by atoms with Crippen molar-refractivity contribution in [2.45, 2.75) is 43.4 Å². The molecule has 2 heterocycles. The molecule has 1 amide bonds. The second-order valence-electron chi connectivity index (χ2n) is 6.43. The van der Waals surface area contributed by atoms with Gasteiger partial charge >= 0.3 is 0 Å². The second kappa shape index (κ2) is 7.27. The minimum absolute atomic E-state index is 0.259. The van der Waals surface area contributed by atoms with Crippen LogP contribution in [0.4, 0.5) is 5.69 Å². The zero-order chi connectivity index (χ0) is 18.0. The van der Waals surface area contributed by atoms with Crippen LogP contribution in [0.3, 0.4) is 0 Å². The molecule has 0 aliphatic carbocycles. The van der Waals surface area contributed by atoms with Crippen molar-refractivity contribution in [1.29, 1.82) is 0 Å². The maximum atomic E-state index is 12.9. The van der Waals surface area contributed by atoms with Crippen LogP contribution in [0.2, 0.25) is 0 Å². The quantitative estimate of drug-likeness (QED) is 0.885. The molecule has 1 N–H and O–H groups in total. The predicted molar refractivity (Wildman–Crippen MR) is 100 cm³/mol. The molecule has 0 bridgehead atoms. The highest BCUT2D eigenvalue weighted by atomic mass is 32.2. The van der Waals surface area contributed by atoms with Crippen LogP contribution >= 0.6 is 11.3 Å². The van der Waals surface area contributed by atoms with E-state index in [9.17, 15) is 13.2 Å². The lowest BCUT2D eigenvalue weighted by molar-refractivity contribution is -0.120. The van der Waals surface area contributed by atoms with Gasteiger partial charge in [-0.1, -0.05) is 18.6 Å². The van der Waals surface area contributed by atoms with Gasteiger partial charge in [-0.2, -0.15) is 4.31 Å². The number of carbonyl (C=O) groups excluding carboxylic acids is 1. The fourth-order valence-corrected chi connectivity index (χ4v) is 6.03. The van der Waals surface area contributed by atoms with Gasteiger partial charge in [0, 0.05) is 12.2 Å². The van der Waals surface area contributed by atoms with E-state index >= 15 is 0 Å². The number of sulfonamides is 1. The summed E-state index contributed by atoms with van der Waals surface area (Å²) in [5.41, 5.74) is 2.82. The third kappa shape index (κ3) is 3.94. The van der Waals surface area contributed by atoms with Crippen LogP contribution in [0.5, 0.6) is 0 Å². The lowest BCUT2D eigenvalue weighted by Gasteiger charge is -2.33. The summed E-state index contributed by atoms with van der Waals surface area (Å²) >= 11 is 1.18. The molecule has 0 radical (unpaired) electrons. The van der Waals surface area contributed by atoms with E-state index in [1.807, 2.05) is 32.0 Å². The molecule has 1 fully saturated rings. The topological polar surface area (TPSA) is 66.5 Å². The zero-order valence-electron chi connectivity index (χ0n) is 14.4. The SMILES string of the molecule is Cc1cc(C)cc(NC(=O)C2CCCCN2S(=O)(=O)c2cccs2)c1. The van der Waals surface area contributed by atoms with Crippen molar-refractivity contribution in [2.24, 2.45) is 0 Å². The van der Waals surface area contributed by atoms with E-state index < -0.39 is 16.1 Å². The minimum Gasteiger partial charge on any atom is -0.325 e. The molecule has 1 aliphatic rings. The predicted octanol–water partition coefficient (Wildman–Crippen LogP) is 3.55. The molecule has 7 heteroatoms. The molecule has 3 rings (SSSR count). The number of nitrogens with one attached hydrogen (secondary N) is 1. The molecule has 1 atom stereocenters. The van der Waals surface area contributed by atoms with Crippen LogP contribution in [-0.4, -0.2) is 31.2 Å². The van der Waals surface area contributed by atoms with Gasteiger partial charge in [0.15, 0.2) is 0 Å². The van der Waals surface area contributed by atoms with Crippen molar-refractivity contribution in [2.75, 3.05) is 11.9 Å². The molecule has 5 nitrogen and oxygen atoms in total. The van der Waals surface area contributed by atoms with Crippen molar-refractivity contribution in [3.05, 3.63) is 46.8 Å². The number of anilines is 1. The molecule has 0 saturated carbocycles. The first-order valence-electron chi connectivity index (χ1n) is 8.32. The second-order valence-corrected chi connectivity index (χ2v) is 9.49. The summed E-state index contributed by atoms with van der Waals surface area (Å²) in [6.07, 6.45) is 2.17. The number of benzene rings is 1. The Hall–Kier alpha value is -1.70. The number of aryl methyl sites for hydroxylation is 2. The van der Waals surface area contributed by atoms with Gasteiger partial charge in [0.1, 0.15) is 10.3 Å². The number of piperidine rings is 1. The molecule has 1 aromatic heterocycles. The third-order valence-corrected chi connectivity index (χ3v) is 7.58. The molecule has 1 aliphatic heterocycles. The van der Waals surface area contributed by atoms with Crippen molar-refractivity contribution < 1.29 is 13.2 Å². The number of hydrogen-bond donors (Lipinski definition) is 1. The van der Waals surface area contributed by atoms with Crippen LogP contribution in [0.25, 0.3) is 0 Å². The zero-order valence-corrected chi connectivity index (χ0v) is 16.0. The Morgan fingerprint density at radius 3 is 2.56 bits per heavy atom. The monoisotopic (exact) mass is 378 g/mol. The average Bonchev–Trinajstić information content (AvgIpc) is 3.09.